The van der Waals surface area contributed by atoms with Crippen molar-refractivity contribution in [2.45, 2.75) is 13.1 Å². The molecule has 4 aromatic carbocycles. The highest BCUT2D eigenvalue weighted by Gasteiger charge is 2.24. The minimum atomic E-state index is -1.15. The molecule has 2 amide bonds. The third-order valence-corrected chi connectivity index (χ3v) is 11.0. The van der Waals surface area contributed by atoms with Crippen molar-refractivity contribution in [3.05, 3.63) is 133 Å². The minimum absolute atomic E-state index is 0.0458. The number of fused-ring (bicyclic) bond motifs is 1. The lowest BCUT2D eigenvalue weighted by molar-refractivity contribution is -0.135. The largest absolute Gasteiger partial charge is 0.483 e. The number of aromatic nitrogens is 1. The van der Waals surface area contributed by atoms with Crippen LogP contribution in [0.1, 0.15) is 32.0 Å². The van der Waals surface area contributed by atoms with Crippen LogP contribution in [-0.2, 0) is 22.7 Å². The number of carbonyl (C=O) groups excluding carboxylic acids is 2. The van der Waals surface area contributed by atoms with E-state index >= 15 is 0 Å². The van der Waals surface area contributed by atoms with Crippen LogP contribution in [0.2, 0.25) is 20.1 Å². The van der Waals surface area contributed by atoms with Crippen molar-refractivity contribution < 1.29 is 38.9 Å². The Hall–Kier alpha value is -5.15. The number of carboxylic acid groups (broad SMARTS) is 2. The fraction of sp³-hybridized carbons (Fsp3) is 0.279. The SMILES string of the molecule is O=C(O)c1cc(Cl)c(OCC(=O)N2CCN(Cc3ccc(Cl)cc3)CC2)c(Cl)c1.O=C(O)c1cc(OCC(=O)N2CCN(Cc3ccc(Cl)cc3)CC2)c2ccccc2n1. The van der Waals surface area contributed by atoms with Gasteiger partial charge in [-0.3, -0.25) is 19.4 Å². The number of amides is 2. The number of rotatable bonds is 12. The lowest BCUT2D eigenvalue weighted by Crippen LogP contribution is -2.49. The van der Waals surface area contributed by atoms with Gasteiger partial charge in [0, 0.05) is 86.9 Å². The number of hydrogen-bond acceptors (Lipinski definition) is 9. The predicted octanol–water partition coefficient (Wildman–Crippen LogP) is 7.38. The molecule has 2 N–H and O–H groups in total. The van der Waals surface area contributed by atoms with Crippen LogP contribution in [-0.4, -0.2) is 124 Å². The Labute approximate surface area is 366 Å². The Kier molecular flexibility index (Phi) is 15.5. The summed E-state index contributed by atoms with van der Waals surface area (Å²) in [6, 6.07) is 26.5. The normalized spacial score (nSPS) is 14.6. The number of carboxylic acids is 2. The first-order chi connectivity index (χ1) is 28.8. The van der Waals surface area contributed by atoms with Gasteiger partial charge in [-0.2, -0.15) is 0 Å². The predicted molar refractivity (Wildman–Crippen MR) is 230 cm³/mol. The number of ether oxygens (including phenoxy) is 2. The highest BCUT2D eigenvalue weighted by molar-refractivity contribution is 6.37. The topological polar surface area (TPSA) is 153 Å². The number of benzene rings is 4. The van der Waals surface area contributed by atoms with Crippen molar-refractivity contribution in [2.75, 3.05) is 65.6 Å². The first kappa shape index (κ1) is 44.4. The highest BCUT2D eigenvalue weighted by Crippen LogP contribution is 2.34. The molecule has 2 aliphatic heterocycles. The molecule has 0 unspecified atom stereocenters. The molecule has 3 heterocycles. The van der Waals surface area contributed by atoms with E-state index in [1.165, 1.54) is 29.3 Å². The second kappa shape index (κ2) is 20.9. The van der Waals surface area contributed by atoms with Crippen LogP contribution in [0.3, 0.4) is 0 Å². The van der Waals surface area contributed by atoms with Crippen LogP contribution in [0, 0.1) is 0 Å². The van der Waals surface area contributed by atoms with Crippen LogP contribution in [0.5, 0.6) is 11.5 Å². The summed E-state index contributed by atoms with van der Waals surface area (Å²) in [4.78, 5) is 59.7. The Bertz CT molecular complexity index is 2290. The summed E-state index contributed by atoms with van der Waals surface area (Å²) in [6.07, 6.45) is 0. The number of para-hydroxylation sites is 1. The summed E-state index contributed by atoms with van der Waals surface area (Å²) in [5, 5.41) is 20.5. The van der Waals surface area contributed by atoms with Gasteiger partial charge in [-0.25, -0.2) is 14.6 Å². The second-order valence-corrected chi connectivity index (χ2v) is 15.7. The molecule has 17 heteroatoms. The molecule has 1 aromatic heterocycles. The van der Waals surface area contributed by atoms with Gasteiger partial charge in [0.15, 0.2) is 24.7 Å². The molecule has 0 aliphatic carbocycles. The third kappa shape index (κ3) is 12.2. The average Bonchev–Trinajstić information content (AvgIpc) is 3.24. The lowest BCUT2D eigenvalue weighted by Gasteiger charge is -2.34. The summed E-state index contributed by atoms with van der Waals surface area (Å²) in [5.41, 5.74) is 2.71. The monoisotopic (exact) mass is 895 g/mol. The van der Waals surface area contributed by atoms with Crippen molar-refractivity contribution in [2.24, 2.45) is 0 Å². The standard InChI is InChI=1S/C23H22ClN3O4.C20H19Cl3N2O4/c24-17-7-5-16(6-8-17)14-26-9-11-27(12-10-26)22(28)15-31-21-13-20(23(29)30)25-19-4-2-1-3-18(19)21;21-15-3-1-13(2-4-15)11-24-5-7-25(8-6-24)18(26)12-29-19-16(22)9-14(20(27)28)10-17(19)23/h1-8,13H,9-12,14-15H2,(H,29,30);1-4,9-10H,5-8,11-12H2,(H,27,28). The molecular weight excluding hydrogens is 856 g/mol. The number of carbonyl (C=O) groups is 4. The van der Waals surface area contributed by atoms with E-state index < -0.39 is 11.9 Å². The van der Waals surface area contributed by atoms with Gasteiger partial charge in [0.25, 0.3) is 11.8 Å². The molecule has 13 nitrogen and oxygen atoms in total. The average molecular weight is 898 g/mol. The number of nitrogens with zero attached hydrogens (tertiary/aromatic N) is 5. The molecular formula is C43H41Cl4N5O8. The number of halogens is 4. The zero-order valence-corrected chi connectivity index (χ0v) is 35.3. The molecule has 0 radical (unpaired) electrons. The smallest absolute Gasteiger partial charge is 0.354 e. The summed E-state index contributed by atoms with van der Waals surface area (Å²) in [6.45, 7) is 6.73. The summed E-state index contributed by atoms with van der Waals surface area (Å²) in [7, 11) is 0. The van der Waals surface area contributed by atoms with E-state index in [-0.39, 0.29) is 52.1 Å². The summed E-state index contributed by atoms with van der Waals surface area (Å²) >= 11 is 23.9. The van der Waals surface area contributed by atoms with Crippen LogP contribution in [0.4, 0.5) is 0 Å². The van der Waals surface area contributed by atoms with Gasteiger partial charge >= 0.3 is 11.9 Å². The van der Waals surface area contributed by atoms with Crippen LogP contribution < -0.4 is 9.47 Å². The first-order valence-corrected chi connectivity index (χ1v) is 20.4. The molecule has 2 fully saturated rings. The molecule has 7 rings (SSSR count). The number of pyridine rings is 1. The van der Waals surface area contributed by atoms with Crippen molar-refractivity contribution in [1.82, 2.24) is 24.6 Å². The number of aromatic carboxylic acids is 2. The summed E-state index contributed by atoms with van der Waals surface area (Å²) < 4.78 is 11.2. The Morgan fingerprint density at radius 2 is 1.05 bits per heavy atom. The van der Waals surface area contributed by atoms with E-state index in [0.29, 0.717) is 47.9 Å². The van der Waals surface area contributed by atoms with Crippen LogP contribution in [0.25, 0.3) is 10.9 Å². The van der Waals surface area contributed by atoms with E-state index in [0.717, 1.165) is 44.3 Å². The highest BCUT2D eigenvalue weighted by atomic mass is 35.5. The minimum Gasteiger partial charge on any atom is -0.483 e. The third-order valence-electron chi connectivity index (χ3n) is 9.92. The maximum Gasteiger partial charge on any atom is 0.354 e. The molecule has 2 aliphatic rings. The van der Waals surface area contributed by atoms with Gasteiger partial charge in [0.1, 0.15) is 5.75 Å². The van der Waals surface area contributed by atoms with E-state index in [2.05, 4.69) is 14.8 Å². The Morgan fingerprint density at radius 1 is 0.583 bits per heavy atom. The molecule has 0 atom stereocenters. The van der Waals surface area contributed by atoms with Crippen molar-refractivity contribution in [3.8, 4) is 11.5 Å². The van der Waals surface area contributed by atoms with Crippen LogP contribution in [0.15, 0.2) is 91.0 Å². The molecule has 314 valence electrons. The Balaban J connectivity index is 0.000000202. The van der Waals surface area contributed by atoms with E-state index in [9.17, 15) is 24.3 Å². The van der Waals surface area contributed by atoms with E-state index in [4.69, 9.17) is 61.0 Å². The summed E-state index contributed by atoms with van der Waals surface area (Å²) in [5.74, 6) is -2.13. The molecule has 0 spiro atoms. The van der Waals surface area contributed by atoms with E-state index in [1.807, 2.05) is 54.6 Å². The van der Waals surface area contributed by atoms with E-state index in [1.54, 1.807) is 28.0 Å². The molecule has 5 aromatic rings. The maximum absolute atomic E-state index is 12.7. The fourth-order valence-corrected chi connectivity index (χ4v) is 7.50. The van der Waals surface area contributed by atoms with Crippen molar-refractivity contribution >= 4 is 81.1 Å². The van der Waals surface area contributed by atoms with Gasteiger partial charge in [0.05, 0.1) is 21.1 Å². The molecule has 0 saturated carbocycles. The second-order valence-electron chi connectivity index (χ2n) is 14.0. The molecule has 60 heavy (non-hydrogen) atoms. The Morgan fingerprint density at radius 3 is 1.52 bits per heavy atom. The quantitative estimate of drug-likeness (QED) is 0.129. The van der Waals surface area contributed by atoms with Gasteiger partial charge < -0.3 is 29.5 Å². The zero-order chi connectivity index (χ0) is 42.8. The number of piperazine rings is 2. The van der Waals surface area contributed by atoms with Gasteiger partial charge in [-0.05, 0) is 59.7 Å². The van der Waals surface area contributed by atoms with Gasteiger partial charge in [-0.1, -0.05) is 82.8 Å². The van der Waals surface area contributed by atoms with Gasteiger partial charge in [0.2, 0.25) is 0 Å². The van der Waals surface area contributed by atoms with Crippen LogP contribution >= 0.6 is 46.4 Å². The molecule has 2 saturated heterocycles. The zero-order valence-electron chi connectivity index (χ0n) is 32.2. The maximum atomic E-state index is 12.7. The van der Waals surface area contributed by atoms with Crippen molar-refractivity contribution in [3.63, 3.8) is 0 Å². The number of hydrogen-bond donors (Lipinski definition) is 2. The fourth-order valence-electron chi connectivity index (χ4n) is 6.66. The lowest BCUT2D eigenvalue weighted by atomic mass is 10.2. The van der Waals surface area contributed by atoms with Gasteiger partial charge in [-0.15, -0.1) is 0 Å². The molecule has 0 bridgehead atoms. The first-order valence-electron chi connectivity index (χ1n) is 18.9. The van der Waals surface area contributed by atoms with Crippen molar-refractivity contribution in [1.29, 1.82) is 0 Å².